The number of hydrogen-bond acceptors (Lipinski definition) is 8. The number of carbonyl (C=O) groups is 1. The molecule has 180 valence electrons. The first-order valence-corrected chi connectivity index (χ1v) is 11.4. The fourth-order valence-electron chi connectivity index (χ4n) is 4.75. The van der Waals surface area contributed by atoms with Gasteiger partial charge >= 0.3 is 6.09 Å². The Morgan fingerprint density at radius 3 is 2.39 bits per heavy atom. The van der Waals surface area contributed by atoms with Gasteiger partial charge in [-0.25, -0.2) is 14.3 Å². The Kier molecular flexibility index (Phi) is 5.15. The second kappa shape index (κ2) is 7.48. The Morgan fingerprint density at radius 1 is 1.03 bits per heavy atom. The lowest BCUT2D eigenvalue weighted by molar-refractivity contribution is -0.208. The molecule has 0 saturated carbocycles. The molecular weight excluding hydrogens is 428 g/mol. The van der Waals surface area contributed by atoms with Crippen molar-refractivity contribution in [3.05, 3.63) is 30.1 Å². The molecule has 1 aromatic carbocycles. The smallest absolute Gasteiger partial charge is 0.420 e. The fourth-order valence-corrected chi connectivity index (χ4v) is 4.75. The summed E-state index contributed by atoms with van der Waals surface area (Å²) in [6.07, 6.45) is -2.84. The first-order valence-electron chi connectivity index (χ1n) is 11.4. The zero-order valence-corrected chi connectivity index (χ0v) is 20.2. The lowest BCUT2D eigenvalue weighted by Crippen LogP contribution is -2.40. The van der Waals surface area contributed by atoms with Crippen LogP contribution in [0.15, 0.2) is 24.3 Å². The third-order valence-corrected chi connectivity index (χ3v) is 5.90. The average molecular weight is 461 g/mol. The van der Waals surface area contributed by atoms with Crippen molar-refractivity contribution in [1.82, 2.24) is 9.55 Å². The molecule has 5 rings (SSSR count). The van der Waals surface area contributed by atoms with Crippen LogP contribution in [0.5, 0.6) is 0 Å². The van der Waals surface area contributed by atoms with Gasteiger partial charge in [0.25, 0.3) is 0 Å². The molecule has 0 spiro atoms. The lowest BCUT2D eigenvalue weighted by atomic mass is 10.0. The van der Waals surface area contributed by atoms with Crippen molar-refractivity contribution in [2.75, 3.05) is 6.61 Å². The Morgan fingerprint density at radius 2 is 1.73 bits per heavy atom. The van der Waals surface area contributed by atoms with E-state index < -0.39 is 47.7 Å². The van der Waals surface area contributed by atoms with Gasteiger partial charge in [0.2, 0.25) is 0 Å². The Labute approximate surface area is 193 Å². The summed E-state index contributed by atoms with van der Waals surface area (Å²) >= 11 is 0. The van der Waals surface area contributed by atoms with Crippen LogP contribution in [0, 0.1) is 0 Å². The first-order chi connectivity index (χ1) is 15.3. The zero-order chi connectivity index (χ0) is 23.8. The van der Waals surface area contributed by atoms with Gasteiger partial charge in [-0.05, 0) is 60.6 Å². The van der Waals surface area contributed by atoms with Crippen molar-refractivity contribution < 1.29 is 33.2 Å². The van der Waals surface area contributed by atoms with Crippen LogP contribution in [0.2, 0.25) is 0 Å². The van der Waals surface area contributed by atoms with E-state index in [1.807, 2.05) is 72.7 Å². The van der Waals surface area contributed by atoms with Crippen LogP contribution in [0.1, 0.15) is 60.4 Å². The third-order valence-electron chi connectivity index (χ3n) is 5.90. The number of imidazole rings is 1. The quantitative estimate of drug-likeness (QED) is 0.666. The molecule has 2 aromatic rings. The molecule has 3 saturated heterocycles. The monoisotopic (exact) mass is 460 g/mol. The molecule has 0 unspecified atom stereocenters. The maximum atomic E-state index is 13.3. The van der Waals surface area contributed by atoms with Crippen molar-refractivity contribution in [2.45, 2.75) is 96.2 Å². The molecule has 3 aliphatic heterocycles. The standard InChI is InChI=1S/C24H32N2O7/c1-22(2,3)33-21(27)26-14-11-9-8-10-13(14)25-20(26)19-18-17(31-24(6,7)32-18)16(29-19)15-12-28-23(4,5)30-15/h8-11,15-19H,12H2,1-7H3/t15-,16-,17+,18+,19+/m1/s1. The van der Waals surface area contributed by atoms with E-state index in [9.17, 15) is 4.79 Å². The number of fused-ring (bicyclic) bond motifs is 2. The van der Waals surface area contributed by atoms with Crippen LogP contribution in [-0.2, 0) is 28.4 Å². The van der Waals surface area contributed by atoms with Crippen molar-refractivity contribution >= 4 is 17.1 Å². The summed E-state index contributed by atoms with van der Waals surface area (Å²) in [6.45, 7) is 13.3. The summed E-state index contributed by atoms with van der Waals surface area (Å²) in [5.41, 5.74) is 0.642. The molecule has 9 nitrogen and oxygen atoms in total. The van der Waals surface area contributed by atoms with Crippen molar-refractivity contribution in [2.24, 2.45) is 0 Å². The number of para-hydroxylation sites is 2. The highest BCUT2D eigenvalue weighted by atomic mass is 16.8. The lowest BCUT2D eigenvalue weighted by Gasteiger charge is -2.27. The topological polar surface area (TPSA) is 90.3 Å². The predicted octanol–water partition coefficient (Wildman–Crippen LogP) is 3.93. The summed E-state index contributed by atoms with van der Waals surface area (Å²) in [7, 11) is 0. The molecule has 0 N–H and O–H groups in total. The highest BCUT2D eigenvalue weighted by molar-refractivity contribution is 5.87. The third kappa shape index (κ3) is 4.17. The normalized spacial score (nSPS) is 32.9. The van der Waals surface area contributed by atoms with Crippen molar-refractivity contribution in [3.63, 3.8) is 0 Å². The van der Waals surface area contributed by atoms with Crippen LogP contribution in [0.25, 0.3) is 11.0 Å². The highest BCUT2D eigenvalue weighted by Gasteiger charge is 2.60. The Hall–Kier alpha value is -2.04. The van der Waals surface area contributed by atoms with Gasteiger partial charge in [0.05, 0.1) is 17.6 Å². The van der Waals surface area contributed by atoms with Gasteiger partial charge in [0, 0.05) is 0 Å². The molecule has 0 amide bonds. The number of ether oxygens (including phenoxy) is 6. The number of rotatable bonds is 2. The molecule has 4 heterocycles. The van der Waals surface area contributed by atoms with E-state index in [1.54, 1.807) is 0 Å². The second-order valence-electron chi connectivity index (χ2n) is 10.7. The van der Waals surface area contributed by atoms with Crippen LogP contribution < -0.4 is 0 Å². The number of benzene rings is 1. The van der Waals surface area contributed by atoms with E-state index >= 15 is 0 Å². The minimum absolute atomic E-state index is 0.339. The summed E-state index contributed by atoms with van der Waals surface area (Å²) in [4.78, 5) is 18.1. The molecule has 0 aliphatic carbocycles. The van der Waals surface area contributed by atoms with E-state index in [-0.39, 0.29) is 6.10 Å². The molecule has 5 atom stereocenters. The van der Waals surface area contributed by atoms with Crippen LogP contribution in [-0.4, -0.2) is 63.8 Å². The van der Waals surface area contributed by atoms with Crippen LogP contribution in [0.3, 0.4) is 0 Å². The van der Waals surface area contributed by atoms with Gasteiger partial charge in [0.15, 0.2) is 17.4 Å². The number of aromatic nitrogens is 2. The number of carbonyl (C=O) groups excluding carboxylic acids is 1. The van der Waals surface area contributed by atoms with E-state index in [2.05, 4.69) is 0 Å². The summed E-state index contributed by atoms with van der Waals surface area (Å²) in [5, 5.41) is 0. The van der Waals surface area contributed by atoms with Gasteiger partial charge in [0.1, 0.15) is 36.1 Å². The van der Waals surface area contributed by atoms with E-state index in [0.29, 0.717) is 23.5 Å². The minimum atomic E-state index is -0.812. The largest absolute Gasteiger partial charge is 0.443 e. The summed E-state index contributed by atoms with van der Waals surface area (Å²) in [6, 6.07) is 7.44. The molecular formula is C24H32N2O7. The molecule has 1 aromatic heterocycles. The van der Waals surface area contributed by atoms with E-state index in [1.165, 1.54) is 4.57 Å². The zero-order valence-electron chi connectivity index (χ0n) is 20.2. The highest BCUT2D eigenvalue weighted by Crippen LogP contribution is 2.47. The summed E-state index contributed by atoms with van der Waals surface area (Å²) < 4.78 is 38.1. The van der Waals surface area contributed by atoms with Crippen molar-refractivity contribution in [1.29, 1.82) is 0 Å². The predicted molar refractivity (Wildman–Crippen MR) is 118 cm³/mol. The van der Waals surface area contributed by atoms with Gasteiger partial charge < -0.3 is 28.4 Å². The van der Waals surface area contributed by atoms with E-state index in [0.717, 1.165) is 0 Å². The number of nitrogens with zero attached hydrogens (tertiary/aromatic N) is 2. The Bertz CT molecular complexity index is 1070. The molecule has 3 aliphatic rings. The maximum absolute atomic E-state index is 13.3. The SMILES string of the molecule is CC(C)(C)OC(=O)n1c([C@H]2O[C@H]([C@H]3COC(C)(C)O3)[C@@H]3OC(C)(C)O[C@@H]32)nc2ccccc21. The molecule has 0 bridgehead atoms. The Balaban J connectivity index is 1.56. The van der Waals surface area contributed by atoms with Gasteiger partial charge in [-0.2, -0.15) is 0 Å². The van der Waals surface area contributed by atoms with Crippen LogP contribution >= 0.6 is 0 Å². The van der Waals surface area contributed by atoms with Gasteiger partial charge in [-0.15, -0.1) is 0 Å². The minimum Gasteiger partial charge on any atom is -0.443 e. The van der Waals surface area contributed by atoms with E-state index in [4.69, 9.17) is 33.4 Å². The van der Waals surface area contributed by atoms with Gasteiger partial charge in [-0.1, -0.05) is 12.1 Å². The number of hydrogen-bond donors (Lipinski definition) is 0. The first kappa shape index (κ1) is 22.7. The second-order valence-corrected chi connectivity index (χ2v) is 10.7. The molecule has 3 fully saturated rings. The van der Waals surface area contributed by atoms with Crippen LogP contribution in [0.4, 0.5) is 4.79 Å². The fraction of sp³-hybridized carbons (Fsp3) is 0.667. The molecule has 9 heteroatoms. The maximum Gasteiger partial charge on any atom is 0.420 e. The summed E-state index contributed by atoms with van der Waals surface area (Å²) in [5.74, 6) is -1.10. The molecule has 0 radical (unpaired) electrons. The van der Waals surface area contributed by atoms with Gasteiger partial charge in [-0.3, -0.25) is 0 Å². The molecule has 33 heavy (non-hydrogen) atoms. The van der Waals surface area contributed by atoms with Crippen molar-refractivity contribution in [3.8, 4) is 0 Å². The average Bonchev–Trinajstić information content (AvgIpc) is 3.39.